The summed E-state index contributed by atoms with van der Waals surface area (Å²) >= 11 is 0. The molecule has 0 radical (unpaired) electrons. The molecule has 17 aromatic rings. The fraction of sp³-hybridized carbons (Fsp3) is 0. The van der Waals surface area contributed by atoms with Crippen LogP contribution in [0, 0.1) is 0 Å². The minimum absolute atomic E-state index is 0.893. The van der Waals surface area contributed by atoms with Gasteiger partial charge in [-0.2, -0.15) is 0 Å². The Labute approximate surface area is 516 Å². The van der Waals surface area contributed by atoms with Crippen LogP contribution in [0.4, 0.5) is 34.1 Å². The third-order valence-electron chi connectivity index (χ3n) is 18.0. The van der Waals surface area contributed by atoms with Gasteiger partial charge in [0.25, 0.3) is 0 Å². The van der Waals surface area contributed by atoms with E-state index in [0.29, 0.717) is 0 Å². The van der Waals surface area contributed by atoms with E-state index in [4.69, 9.17) is 4.42 Å². The zero-order chi connectivity index (χ0) is 58.8. The zero-order valence-electron chi connectivity index (χ0n) is 48.6. The first kappa shape index (κ1) is 51.6. The molecule has 0 saturated carbocycles. The molecular weight excluding hydrogens is 1080 g/mol. The van der Waals surface area contributed by atoms with Crippen molar-refractivity contribution in [2.24, 2.45) is 0 Å². The quantitative estimate of drug-likeness (QED) is 0.120. The molecule has 0 bridgehead atoms. The molecule has 0 aliphatic rings. The van der Waals surface area contributed by atoms with Crippen LogP contribution in [0.1, 0.15) is 0 Å². The topological polar surface area (TPSA) is 19.6 Å². The predicted octanol–water partition coefficient (Wildman–Crippen LogP) is 24.6. The molecule has 416 valence electrons. The van der Waals surface area contributed by atoms with Gasteiger partial charge in [-0.3, -0.25) is 0 Å². The minimum atomic E-state index is 0.893. The molecule has 0 aliphatic carbocycles. The SMILES string of the molecule is c1cc(-c2cccc(N(c3cccc(-c4ccc5ccccc5c4)c3)c3ccc4c(ccc5ccccc54)c3)c2)cc(N(c2ccc(-c3ccc(-c4cccc5ccccc45)cc3)cc2)c2ccc(-c3cccc4c3oc3ccc5ccccc5c34)cc2)c1. The molecule has 89 heavy (non-hydrogen) atoms. The fourth-order valence-corrected chi connectivity index (χ4v) is 13.6. The first-order valence-corrected chi connectivity index (χ1v) is 30.5. The Kier molecular flexibility index (Phi) is 12.5. The number of nitrogens with zero attached hydrogens (tertiary/aromatic N) is 2. The summed E-state index contributed by atoms with van der Waals surface area (Å²) in [4.78, 5) is 4.79. The fourth-order valence-electron chi connectivity index (χ4n) is 13.6. The van der Waals surface area contributed by atoms with Gasteiger partial charge in [0.15, 0.2) is 0 Å². The van der Waals surface area contributed by atoms with Gasteiger partial charge < -0.3 is 14.2 Å². The molecule has 0 atom stereocenters. The van der Waals surface area contributed by atoms with Gasteiger partial charge in [-0.05, 0) is 189 Å². The van der Waals surface area contributed by atoms with Crippen LogP contribution in [0.3, 0.4) is 0 Å². The highest BCUT2D eigenvalue weighted by atomic mass is 16.3. The van der Waals surface area contributed by atoms with E-state index >= 15 is 0 Å². The Morgan fingerprint density at radius 2 is 0.584 bits per heavy atom. The molecule has 0 unspecified atom stereocenters. The Balaban J connectivity index is 0.761. The van der Waals surface area contributed by atoms with E-state index in [9.17, 15) is 0 Å². The summed E-state index contributed by atoms with van der Waals surface area (Å²) in [6.07, 6.45) is 0. The number of benzene rings is 16. The molecule has 16 aromatic carbocycles. The Morgan fingerprint density at radius 1 is 0.191 bits per heavy atom. The van der Waals surface area contributed by atoms with Gasteiger partial charge in [0.05, 0.1) is 0 Å². The van der Waals surface area contributed by atoms with Crippen molar-refractivity contribution in [3.63, 3.8) is 0 Å². The van der Waals surface area contributed by atoms with Crippen molar-refractivity contribution < 1.29 is 4.42 Å². The van der Waals surface area contributed by atoms with Crippen molar-refractivity contribution in [2.45, 2.75) is 0 Å². The van der Waals surface area contributed by atoms with Gasteiger partial charge in [0.1, 0.15) is 11.2 Å². The van der Waals surface area contributed by atoms with Gasteiger partial charge in [-0.15, -0.1) is 0 Å². The molecule has 0 saturated heterocycles. The maximum absolute atomic E-state index is 6.74. The van der Waals surface area contributed by atoms with Crippen LogP contribution in [-0.2, 0) is 0 Å². The van der Waals surface area contributed by atoms with Gasteiger partial charge in [-0.25, -0.2) is 0 Å². The van der Waals surface area contributed by atoms with Crippen LogP contribution in [-0.4, -0.2) is 0 Å². The largest absolute Gasteiger partial charge is 0.455 e. The normalized spacial score (nSPS) is 11.6. The molecular formula is C86H56N2O. The summed E-state index contributed by atoms with van der Waals surface area (Å²) in [5.74, 6) is 0. The third-order valence-corrected chi connectivity index (χ3v) is 18.0. The van der Waals surface area contributed by atoms with Crippen LogP contribution >= 0.6 is 0 Å². The molecule has 1 heterocycles. The lowest BCUT2D eigenvalue weighted by Gasteiger charge is -2.28. The second-order valence-corrected chi connectivity index (χ2v) is 23.2. The lowest BCUT2D eigenvalue weighted by molar-refractivity contribution is 0.670. The number of furan rings is 1. The van der Waals surface area contributed by atoms with E-state index in [1.807, 2.05) is 0 Å². The molecule has 0 fully saturated rings. The molecule has 17 rings (SSSR count). The van der Waals surface area contributed by atoms with Gasteiger partial charge in [0.2, 0.25) is 0 Å². The number of anilines is 6. The average Bonchev–Trinajstić information content (AvgIpc) is 1.94. The highest BCUT2D eigenvalue weighted by Crippen LogP contribution is 2.45. The highest BCUT2D eigenvalue weighted by Gasteiger charge is 2.20. The van der Waals surface area contributed by atoms with Crippen LogP contribution in [0.15, 0.2) is 344 Å². The second-order valence-electron chi connectivity index (χ2n) is 23.2. The summed E-state index contributed by atoms with van der Waals surface area (Å²) in [7, 11) is 0. The Bertz CT molecular complexity index is 5560. The zero-order valence-corrected chi connectivity index (χ0v) is 48.6. The average molecular weight is 1130 g/mol. The minimum Gasteiger partial charge on any atom is -0.455 e. The highest BCUT2D eigenvalue weighted by molar-refractivity contribution is 6.20. The van der Waals surface area contributed by atoms with Crippen LogP contribution in [0.5, 0.6) is 0 Å². The van der Waals surface area contributed by atoms with Gasteiger partial charge in [-0.1, -0.05) is 255 Å². The number of para-hydroxylation sites is 1. The number of hydrogen-bond acceptors (Lipinski definition) is 3. The lowest BCUT2D eigenvalue weighted by atomic mass is 9.96. The maximum atomic E-state index is 6.74. The first-order valence-electron chi connectivity index (χ1n) is 30.5. The summed E-state index contributed by atoms with van der Waals surface area (Å²) in [5.41, 5.74) is 19.6. The first-order chi connectivity index (χ1) is 44.1. The van der Waals surface area contributed by atoms with Crippen molar-refractivity contribution in [3.05, 3.63) is 340 Å². The molecule has 3 heteroatoms. The van der Waals surface area contributed by atoms with E-state index in [-0.39, 0.29) is 0 Å². The standard InChI is InChI=1S/C86H56N2O/c1-2-18-65-52-69(38-34-57(65)14-1)68-22-11-25-75(55-68)88(76-49-50-80-70(56-76)39-37-61-16-4-7-27-78(61)80)74-24-10-21-67(54-74)66-20-9-23-73(53-66)87(71-45-40-59(41-46-71)58-32-35-63(36-33-58)79-29-12-19-60-15-3-6-26-77(60)79)72-47-42-64(43-48-72)82-30-13-31-83-85-81-28-8-5-17-62(81)44-51-84(85)89-86(82)83/h1-56H. The molecule has 0 N–H and O–H groups in total. The summed E-state index contributed by atoms with van der Waals surface area (Å²) in [6, 6.07) is 124. The van der Waals surface area contributed by atoms with E-state index in [2.05, 4.69) is 350 Å². The lowest BCUT2D eigenvalue weighted by Crippen LogP contribution is -2.10. The number of hydrogen-bond donors (Lipinski definition) is 0. The summed E-state index contributed by atoms with van der Waals surface area (Å²) in [6.45, 7) is 0. The van der Waals surface area contributed by atoms with Crippen molar-refractivity contribution in [2.75, 3.05) is 9.80 Å². The predicted molar refractivity (Wildman–Crippen MR) is 378 cm³/mol. The van der Waals surface area contributed by atoms with E-state index in [1.165, 1.54) is 70.6 Å². The van der Waals surface area contributed by atoms with Crippen molar-refractivity contribution in [1.29, 1.82) is 0 Å². The Hall–Kier alpha value is -11.8. The van der Waals surface area contributed by atoms with Crippen molar-refractivity contribution in [3.8, 4) is 55.6 Å². The van der Waals surface area contributed by atoms with Crippen LogP contribution in [0.2, 0.25) is 0 Å². The summed E-state index contributed by atoms with van der Waals surface area (Å²) < 4.78 is 6.74. The van der Waals surface area contributed by atoms with E-state index < -0.39 is 0 Å². The van der Waals surface area contributed by atoms with Gasteiger partial charge >= 0.3 is 0 Å². The van der Waals surface area contributed by atoms with Crippen LogP contribution in [0.25, 0.3) is 131 Å². The van der Waals surface area contributed by atoms with Gasteiger partial charge in [0, 0.05) is 50.5 Å². The van der Waals surface area contributed by atoms with E-state index in [1.54, 1.807) is 0 Å². The molecule has 3 nitrogen and oxygen atoms in total. The summed E-state index contributed by atoms with van der Waals surface area (Å²) in [5, 5.41) is 14.5. The second kappa shape index (κ2) is 21.6. The molecule has 1 aromatic heterocycles. The van der Waals surface area contributed by atoms with Crippen LogP contribution < -0.4 is 9.80 Å². The third kappa shape index (κ3) is 9.32. The Morgan fingerprint density at radius 3 is 1.26 bits per heavy atom. The molecule has 0 aliphatic heterocycles. The van der Waals surface area contributed by atoms with E-state index in [0.717, 1.165) is 95.0 Å². The molecule has 0 spiro atoms. The number of fused-ring (bicyclic) bond motifs is 10. The van der Waals surface area contributed by atoms with Crippen molar-refractivity contribution >= 4 is 110 Å². The monoisotopic (exact) mass is 1130 g/mol. The molecule has 0 amide bonds. The smallest absolute Gasteiger partial charge is 0.143 e. The maximum Gasteiger partial charge on any atom is 0.143 e. The number of rotatable bonds is 11. The van der Waals surface area contributed by atoms with Crippen molar-refractivity contribution in [1.82, 2.24) is 0 Å².